The van der Waals surface area contributed by atoms with E-state index >= 15 is 0 Å². The molecule has 0 heterocycles. The van der Waals surface area contributed by atoms with E-state index in [0.717, 1.165) is 22.7 Å². The number of benzene rings is 2. The topological polar surface area (TPSA) is 57.9 Å². The van der Waals surface area contributed by atoms with E-state index in [2.05, 4.69) is 16.9 Å². The van der Waals surface area contributed by atoms with Gasteiger partial charge in [0.15, 0.2) is 0 Å². The highest BCUT2D eigenvalue weighted by atomic mass is 16.5. The molecule has 5 nitrogen and oxygen atoms in total. The van der Waals surface area contributed by atoms with Gasteiger partial charge in [0.1, 0.15) is 18.1 Å². The Morgan fingerprint density at radius 3 is 2.35 bits per heavy atom. The Morgan fingerprint density at radius 2 is 1.78 bits per heavy atom. The van der Waals surface area contributed by atoms with Gasteiger partial charge >= 0.3 is 0 Å². The Morgan fingerprint density at radius 1 is 1.13 bits per heavy atom. The molecule has 1 N–H and O–H groups in total. The summed E-state index contributed by atoms with van der Waals surface area (Å²) in [6.45, 7) is 4.65. The first-order chi connectivity index (χ1) is 11.0. The van der Waals surface area contributed by atoms with Gasteiger partial charge in [-0.1, -0.05) is 0 Å². The number of nitrogens with zero attached hydrogens (tertiary/aromatic N) is 2. The summed E-state index contributed by atoms with van der Waals surface area (Å²) in [5, 5.41) is 3.50. The fourth-order valence-corrected chi connectivity index (χ4v) is 2.24. The highest BCUT2D eigenvalue weighted by Gasteiger charge is 2.12. The van der Waals surface area contributed by atoms with Gasteiger partial charge in [0.25, 0.3) is 0 Å². The number of aryl methyl sites for hydroxylation is 1. The predicted molar refractivity (Wildman–Crippen MR) is 92.3 cm³/mol. The lowest BCUT2D eigenvalue weighted by Crippen LogP contribution is -2.34. The Balaban J connectivity index is 1.97. The van der Waals surface area contributed by atoms with Gasteiger partial charge in [-0.2, -0.15) is 5.11 Å². The second kappa shape index (κ2) is 7.63. The van der Waals surface area contributed by atoms with Crippen molar-refractivity contribution in [3.05, 3.63) is 48.0 Å². The lowest BCUT2D eigenvalue weighted by atomic mass is 10.1. The van der Waals surface area contributed by atoms with Gasteiger partial charge in [0, 0.05) is 12.7 Å². The van der Waals surface area contributed by atoms with Crippen molar-refractivity contribution in [1.29, 1.82) is 5.53 Å². The number of ether oxygens (including phenoxy) is 2. The zero-order valence-corrected chi connectivity index (χ0v) is 14.0. The van der Waals surface area contributed by atoms with Crippen molar-refractivity contribution in [2.24, 2.45) is 5.11 Å². The van der Waals surface area contributed by atoms with Gasteiger partial charge in [0.05, 0.1) is 18.8 Å². The molecule has 0 amide bonds. The van der Waals surface area contributed by atoms with Gasteiger partial charge in [0.2, 0.25) is 0 Å². The Bertz CT molecular complexity index is 656. The number of hydrogen-bond acceptors (Lipinski definition) is 5. The summed E-state index contributed by atoms with van der Waals surface area (Å²) >= 11 is 0. The highest BCUT2D eigenvalue weighted by molar-refractivity contribution is 5.57. The van der Waals surface area contributed by atoms with Crippen LogP contribution < -0.4 is 14.4 Å². The maximum Gasteiger partial charge on any atom is 0.119 e. The fraction of sp³-hybridized carbons (Fsp3) is 0.333. The number of nitrogens with one attached hydrogen (secondary N) is 1. The summed E-state index contributed by atoms with van der Waals surface area (Å²) in [5.41, 5.74) is 9.90. The van der Waals surface area contributed by atoms with Crippen LogP contribution in [0.2, 0.25) is 0 Å². The van der Waals surface area contributed by atoms with Crippen molar-refractivity contribution < 1.29 is 9.47 Å². The first-order valence-corrected chi connectivity index (χ1v) is 7.53. The van der Waals surface area contributed by atoms with Crippen LogP contribution in [0.4, 0.5) is 11.4 Å². The molecule has 0 bridgehead atoms. The summed E-state index contributed by atoms with van der Waals surface area (Å²) in [4.78, 5) is 2.16. The molecule has 23 heavy (non-hydrogen) atoms. The van der Waals surface area contributed by atoms with E-state index in [1.54, 1.807) is 7.11 Å². The molecular formula is C18H23N3O2. The van der Waals surface area contributed by atoms with Gasteiger partial charge in [-0.05, 0) is 61.9 Å². The molecule has 0 aliphatic rings. The Kier molecular flexibility index (Phi) is 5.57. The van der Waals surface area contributed by atoms with E-state index in [1.807, 2.05) is 56.4 Å². The molecule has 0 aliphatic heterocycles. The van der Waals surface area contributed by atoms with E-state index in [-0.39, 0.29) is 6.04 Å². The second-order valence-electron chi connectivity index (χ2n) is 5.53. The summed E-state index contributed by atoms with van der Waals surface area (Å²) in [6, 6.07) is 13.7. The van der Waals surface area contributed by atoms with Crippen molar-refractivity contribution in [2.45, 2.75) is 19.9 Å². The quantitative estimate of drug-likeness (QED) is 0.762. The van der Waals surface area contributed by atoms with Crippen LogP contribution in [0, 0.1) is 12.5 Å². The molecule has 0 fully saturated rings. The minimum absolute atomic E-state index is 0.204. The molecule has 0 saturated carbocycles. The van der Waals surface area contributed by atoms with Crippen molar-refractivity contribution in [1.82, 2.24) is 0 Å². The maximum atomic E-state index is 7.12. The first kappa shape index (κ1) is 16.8. The van der Waals surface area contributed by atoms with Crippen molar-refractivity contribution in [3.63, 3.8) is 0 Å². The molecule has 2 aromatic carbocycles. The Hall–Kier alpha value is -2.56. The Labute approximate surface area is 137 Å². The molecule has 122 valence electrons. The number of hydrogen-bond donors (Lipinski definition) is 1. The van der Waals surface area contributed by atoms with Crippen LogP contribution in [0.15, 0.2) is 47.6 Å². The largest absolute Gasteiger partial charge is 0.497 e. The normalized spacial score (nSPS) is 11.7. The van der Waals surface area contributed by atoms with Gasteiger partial charge in [-0.15, -0.1) is 0 Å². The molecule has 2 aromatic rings. The lowest BCUT2D eigenvalue weighted by molar-refractivity contribution is 0.292. The first-order valence-electron chi connectivity index (χ1n) is 7.53. The molecule has 0 spiro atoms. The zero-order chi connectivity index (χ0) is 16.8. The van der Waals surface area contributed by atoms with E-state index in [4.69, 9.17) is 15.0 Å². The molecule has 0 saturated heterocycles. The third kappa shape index (κ3) is 4.22. The predicted octanol–water partition coefficient (Wildman–Crippen LogP) is 4.57. The van der Waals surface area contributed by atoms with Gasteiger partial charge in [-0.3, -0.25) is 0 Å². The van der Waals surface area contributed by atoms with Crippen molar-refractivity contribution in [2.75, 3.05) is 25.7 Å². The molecule has 0 radical (unpaired) electrons. The van der Waals surface area contributed by atoms with Gasteiger partial charge < -0.3 is 14.4 Å². The van der Waals surface area contributed by atoms with Crippen LogP contribution in [-0.4, -0.2) is 26.8 Å². The average Bonchev–Trinajstić information content (AvgIpc) is 2.59. The second-order valence-corrected chi connectivity index (χ2v) is 5.53. The summed E-state index contributed by atoms with van der Waals surface area (Å²) in [7, 11) is 3.68. The smallest absolute Gasteiger partial charge is 0.119 e. The molecule has 1 unspecified atom stereocenters. The average molecular weight is 313 g/mol. The fourth-order valence-electron chi connectivity index (χ4n) is 2.24. The van der Waals surface area contributed by atoms with Crippen LogP contribution in [0.3, 0.4) is 0 Å². The molecule has 2 rings (SSSR count). The molecule has 5 heteroatoms. The minimum Gasteiger partial charge on any atom is -0.497 e. The summed E-state index contributed by atoms with van der Waals surface area (Å²) in [5.74, 6) is 1.64. The lowest BCUT2D eigenvalue weighted by Gasteiger charge is -2.27. The summed E-state index contributed by atoms with van der Waals surface area (Å²) < 4.78 is 11.0. The van der Waals surface area contributed by atoms with E-state index in [0.29, 0.717) is 12.3 Å². The minimum atomic E-state index is 0.204. The van der Waals surface area contributed by atoms with Crippen LogP contribution in [-0.2, 0) is 0 Å². The van der Waals surface area contributed by atoms with Crippen molar-refractivity contribution in [3.8, 4) is 11.5 Å². The number of methoxy groups -OCH3 is 1. The van der Waals surface area contributed by atoms with Gasteiger partial charge in [-0.25, -0.2) is 5.53 Å². The monoisotopic (exact) mass is 313 g/mol. The third-order valence-corrected chi connectivity index (χ3v) is 3.92. The summed E-state index contributed by atoms with van der Waals surface area (Å²) in [6.07, 6.45) is 0. The van der Waals surface area contributed by atoms with Crippen molar-refractivity contribution >= 4 is 11.4 Å². The van der Waals surface area contributed by atoms with Crippen LogP contribution in [0.1, 0.15) is 12.5 Å². The number of anilines is 1. The van der Waals surface area contributed by atoms with E-state index < -0.39 is 0 Å². The number of likely N-dealkylation sites (N-methyl/N-ethyl adjacent to an activating group) is 1. The van der Waals surface area contributed by atoms with Crippen LogP contribution in [0.25, 0.3) is 0 Å². The molecule has 0 aliphatic carbocycles. The van der Waals surface area contributed by atoms with E-state index in [1.165, 1.54) is 0 Å². The third-order valence-electron chi connectivity index (χ3n) is 3.92. The number of rotatable bonds is 7. The SMILES string of the molecule is COc1ccc(OCC(C)N(C)c2ccc(N=N)c(C)c2)cc1. The standard InChI is InChI=1S/C18H23N3O2/c1-13-11-15(5-10-18(13)20-19)21(3)14(2)12-23-17-8-6-16(22-4)7-9-17/h5-11,14,19H,12H2,1-4H3. The molecule has 1 atom stereocenters. The highest BCUT2D eigenvalue weighted by Crippen LogP contribution is 2.25. The zero-order valence-electron chi connectivity index (χ0n) is 14.0. The van der Waals surface area contributed by atoms with E-state index in [9.17, 15) is 0 Å². The maximum absolute atomic E-state index is 7.12. The van der Waals surface area contributed by atoms with Crippen LogP contribution in [0.5, 0.6) is 11.5 Å². The molecule has 0 aromatic heterocycles. The van der Waals surface area contributed by atoms with Crippen LogP contribution >= 0.6 is 0 Å². The molecular weight excluding hydrogens is 290 g/mol.